The van der Waals surface area contributed by atoms with Gasteiger partial charge in [-0.2, -0.15) is 0 Å². The second-order valence-corrected chi connectivity index (χ2v) is 8.37. The highest BCUT2D eigenvalue weighted by atomic mass is 35.5. The van der Waals surface area contributed by atoms with Crippen molar-refractivity contribution in [1.82, 2.24) is 4.90 Å². The van der Waals surface area contributed by atoms with Crippen molar-refractivity contribution < 1.29 is 19.0 Å². The first-order valence-corrected chi connectivity index (χ1v) is 10.2. The minimum atomic E-state index is -1.02. The van der Waals surface area contributed by atoms with Crippen LogP contribution in [0.5, 0.6) is 5.75 Å². The van der Waals surface area contributed by atoms with Gasteiger partial charge in [0.2, 0.25) is 0 Å². The second kappa shape index (κ2) is 8.72. The summed E-state index contributed by atoms with van der Waals surface area (Å²) in [6, 6.07) is 8.25. The van der Waals surface area contributed by atoms with E-state index in [2.05, 4.69) is 0 Å². The lowest BCUT2D eigenvalue weighted by Gasteiger charge is -2.27. The molecular formula is C23H27ClFNO3. The monoisotopic (exact) mass is 419 g/mol. The second-order valence-electron chi connectivity index (χ2n) is 7.99. The summed E-state index contributed by atoms with van der Waals surface area (Å²) in [5.74, 6) is 0.0762. The van der Waals surface area contributed by atoms with E-state index < -0.39 is 5.60 Å². The molecule has 1 unspecified atom stereocenters. The molecule has 156 valence electrons. The molecule has 2 aromatic rings. The summed E-state index contributed by atoms with van der Waals surface area (Å²) in [5.41, 5.74) is 1.68. The predicted molar refractivity (Wildman–Crippen MR) is 112 cm³/mol. The number of carbonyl (C=O) groups is 1. The zero-order valence-corrected chi connectivity index (χ0v) is 17.9. The van der Waals surface area contributed by atoms with Crippen LogP contribution < -0.4 is 4.74 Å². The van der Waals surface area contributed by atoms with Gasteiger partial charge in [-0.25, -0.2) is 4.39 Å². The molecule has 1 aliphatic rings. The normalized spacial score (nSPS) is 19.7. The maximum Gasteiger partial charge on any atom is 0.253 e. The van der Waals surface area contributed by atoms with Crippen molar-refractivity contribution in [3.05, 3.63) is 63.4 Å². The molecule has 1 heterocycles. The van der Waals surface area contributed by atoms with Crippen LogP contribution in [0, 0.1) is 26.6 Å². The van der Waals surface area contributed by atoms with Gasteiger partial charge in [0.1, 0.15) is 23.8 Å². The van der Waals surface area contributed by atoms with Crippen molar-refractivity contribution in [3.63, 3.8) is 0 Å². The first-order chi connectivity index (χ1) is 13.7. The topological polar surface area (TPSA) is 49.8 Å². The number of amides is 1. The largest absolute Gasteiger partial charge is 0.491 e. The first-order valence-electron chi connectivity index (χ1n) is 9.86. The number of carbonyl (C=O) groups excluding carboxylic acids is 1. The van der Waals surface area contributed by atoms with E-state index in [4.69, 9.17) is 16.3 Å². The number of halogens is 2. The number of aliphatic hydroxyl groups is 1. The summed E-state index contributed by atoms with van der Waals surface area (Å²) in [7, 11) is 0. The molecule has 2 aromatic carbocycles. The molecule has 1 amide bonds. The van der Waals surface area contributed by atoms with Crippen LogP contribution in [0.4, 0.5) is 4.39 Å². The highest BCUT2D eigenvalue weighted by Gasteiger charge is 2.32. The molecule has 29 heavy (non-hydrogen) atoms. The molecule has 0 aliphatic carbocycles. The predicted octanol–water partition coefficient (Wildman–Crippen LogP) is 4.84. The van der Waals surface area contributed by atoms with Gasteiger partial charge in [0.15, 0.2) is 0 Å². The van der Waals surface area contributed by atoms with E-state index in [0.29, 0.717) is 54.3 Å². The number of nitrogens with zero attached hydrogens (tertiary/aromatic N) is 1. The number of hydrogen-bond donors (Lipinski definition) is 1. The highest BCUT2D eigenvalue weighted by molar-refractivity contribution is 6.32. The molecule has 6 heteroatoms. The summed E-state index contributed by atoms with van der Waals surface area (Å²) >= 11 is 6.20. The molecule has 0 bridgehead atoms. The van der Waals surface area contributed by atoms with Crippen LogP contribution in [0.1, 0.15) is 46.3 Å². The van der Waals surface area contributed by atoms with Crippen LogP contribution in [0.15, 0.2) is 30.3 Å². The highest BCUT2D eigenvalue weighted by Crippen LogP contribution is 2.29. The van der Waals surface area contributed by atoms with Crippen molar-refractivity contribution in [2.75, 3.05) is 19.7 Å². The van der Waals surface area contributed by atoms with Gasteiger partial charge in [0.25, 0.3) is 5.91 Å². The van der Waals surface area contributed by atoms with Crippen LogP contribution in [0.2, 0.25) is 5.02 Å². The molecule has 0 radical (unpaired) electrons. The van der Waals surface area contributed by atoms with Gasteiger partial charge in [0, 0.05) is 23.7 Å². The Kier molecular flexibility index (Phi) is 6.49. The number of ether oxygens (including phenoxy) is 1. The minimum Gasteiger partial charge on any atom is -0.491 e. The summed E-state index contributed by atoms with van der Waals surface area (Å²) < 4.78 is 19.7. The maximum absolute atomic E-state index is 13.8. The van der Waals surface area contributed by atoms with Crippen molar-refractivity contribution in [2.24, 2.45) is 0 Å². The molecule has 1 aliphatic heterocycles. The van der Waals surface area contributed by atoms with Crippen LogP contribution >= 0.6 is 11.6 Å². The fourth-order valence-corrected chi connectivity index (χ4v) is 3.75. The van der Waals surface area contributed by atoms with E-state index in [9.17, 15) is 14.3 Å². The average Bonchev–Trinajstić information content (AvgIpc) is 2.88. The third-order valence-corrected chi connectivity index (χ3v) is 6.14. The van der Waals surface area contributed by atoms with E-state index >= 15 is 0 Å². The summed E-state index contributed by atoms with van der Waals surface area (Å²) in [4.78, 5) is 14.4. The molecule has 1 fully saturated rings. The number of rotatable bonds is 4. The van der Waals surface area contributed by atoms with Crippen molar-refractivity contribution in [3.8, 4) is 5.75 Å². The Labute approximate surface area is 176 Å². The fraction of sp³-hybridized carbons (Fsp3) is 0.435. The lowest BCUT2D eigenvalue weighted by molar-refractivity contribution is -0.0163. The summed E-state index contributed by atoms with van der Waals surface area (Å²) in [6.07, 6.45) is 1.59. The van der Waals surface area contributed by atoms with E-state index in [-0.39, 0.29) is 18.3 Å². The third kappa shape index (κ3) is 5.09. The molecule has 1 saturated heterocycles. The Hall–Kier alpha value is -2.11. The Morgan fingerprint density at radius 2 is 1.83 bits per heavy atom. The number of hydrogen-bond acceptors (Lipinski definition) is 3. The van der Waals surface area contributed by atoms with Crippen molar-refractivity contribution in [2.45, 2.75) is 45.6 Å². The maximum atomic E-state index is 13.8. The fourth-order valence-electron chi connectivity index (χ4n) is 3.64. The van der Waals surface area contributed by atoms with E-state index in [0.717, 1.165) is 11.1 Å². The average molecular weight is 420 g/mol. The van der Waals surface area contributed by atoms with Gasteiger partial charge in [0.05, 0.1) is 0 Å². The van der Waals surface area contributed by atoms with Gasteiger partial charge in [-0.3, -0.25) is 4.79 Å². The van der Waals surface area contributed by atoms with Crippen LogP contribution in [0.3, 0.4) is 0 Å². The molecule has 1 N–H and O–H groups in total. The number of aryl methyl sites for hydroxylation is 3. The van der Waals surface area contributed by atoms with Gasteiger partial charge in [-0.15, -0.1) is 0 Å². The smallest absolute Gasteiger partial charge is 0.253 e. The summed E-state index contributed by atoms with van der Waals surface area (Å²) in [5, 5.41) is 11.7. The minimum absolute atomic E-state index is 0.148. The molecule has 3 rings (SSSR count). The number of benzene rings is 2. The quantitative estimate of drug-likeness (QED) is 0.771. The molecular weight excluding hydrogens is 393 g/mol. The molecule has 1 atom stereocenters. The molecule has 0 spiro atoms. The van der Waals surface area contributed by atoms with Crippen molar-refractivity contribution >= 4 is 17.5 Å². The van der Waals surface area contributed by atoms with Crippen LogP contribution in [-0.4, -0.2) is 41.2 Å². The molecule has 0 aromatic heterocycles. The van der Waals surface area contributed by atoms with E-state index in [1.54, 1.807) is 24.0 Å². The zero-order valence-electron chi connectivity index (χ0n) is 17.1. The third-order valence-electron chi connectivity index (χ3n) is 5.54. The Balaban J connectivity index is 1.63. The Morgan fingerprint density at radius 1 is 1.14 bits per heavy atom. The molecule has 4 nitrogen and oxygen atoms in total. The standard InChI is InChI=1S/C23H27ClFNO3/c1-15-5-6-18(13-20(15)25)22(27)26-9-4-7-23(28,8-10-26)14-29-19-11-16(2)21(24)17(3)12-19/h5-6,11-13,28H,4,7-10,14H2,1-3H3. The number of likely N-dealkylation sites (tertiary alicyclic amines) is 1. The van der Waals surface area contributed by atoms with Crippen molar-refractivity contribution in [1.29, 1.82) is 0 Å². The Morgan fingerprint density at radius 3 is 2.48 bits per heavy atom. The zero-order chi connectivity index (χ0) is 21.2. The Bertz CT molecular complexity index is 894. The SMILES string of the molecule is Cc1ccc(C(=O)N2CCCC(O)(COc3cc(C)c(Cl)c(C)c3)CC2)cc1F. The molecule has 0 saturated carbocycles. The van der Waals surface area contributed by atoms with Gasteiger partial charge in [-0.05, 0) is 81.0 Å². The summed E-state index contributed by atoms with van der Waals surface area (Å²) in [6.45, 7) is 6.57. The van der Waals surface area contributed by atoms with Crippen LogP contribution in [-0.2, 0) is 0 Å². The van der Waals surface area contributed by atoms with Gasteiger partial charge in [-0.1, -0.05) is 17.7 Å². The first kappa shape index (κ1) is 21.6. The van der Waals surface area contributed by atoms with Crippen LogP contribution in [0.25, 0.3) is 0 Å². The van der Waals surface area contributed by atoms with Gasteiger partial charge >= 0.3 is 0 Å². The lowest BCUT2D eigenvalue weighted by Crippen LogP contribution is -2.38. The van der Waals surface area contributed by atoms with Gasteiger partial charge < -0.3 is 14.7 Å². The van der Waals surface area contributed by atoms with E-state index in [1.807, 2.05) is 26.0 Å². The van der Waals surface area contributed by atoms with E-state index in [1.165, 1.54) is 6.07 Å². The lowest BCUT2D eigenvalue weighted by atomic mass is 9.96.